The fraction of sp³-hybridized carbons (Fsp3) is 0.357. The fourth-order valence-corrected chi connectivity index (χ4v) is 3.70. The molecule has 2 aromatic rings. The van der Waals surface area contributed by atoms with Gasteiger partial charge in [-0.25, -0.2) is 0 Å². The standard InChI is InChI=1S/C14H16N4O5S2/c1-8(2)24-14-17-16-13(25-14)15-12(19)7-23-9-4-5-10(18(20)21)11(6-9)22-3/h4-6,8H,7H2,1-3H3,(H,15,16,19). The molecule has 1 aromatic heterocycles. The molecule has 1 N–H and O–H groups in total. The van der Waals surface area contributed by atoms with Gasteiger partial charge in [0.25, 0.3) is 5.91 Å². The maximum atomic E-state index is 11.9. The first-order valence-electron chi connectivity index (χ1n) is 7.14. The van der Waals surface area contributed by atoms with Crippen molar-refractivity contribution in [2.24, 2.45) is 0 Å². The van der Waals surface area contributed by atoms with Crippen LogP contribution >= 0.6 is 23.1 Å². The van der Waals surface area contributed by atoms with Crippen molar-refractivity contribution >= 4 is 39.8 Å². The molecule has 2 rings (SSSR count). The second kappa shape index (κ2) is 8.62. The van der Waals surface area contributed by atoms with Crippen molar-refractivity contribution < 1.29 is 19.2 Å². The molecule has 25 heavy (non-hydrogen) atoms. The summed E-state index contributed by atoms with van der Waals surface area (Å²) in [7, 11) is 1.32. The van der Waals surface area contributed by atoms with E-state index in [1.807, 2.05) is 13.8 Å². The van der Waals surface area contributed by atoms with Crippen LogP contribution in [-0.2, 0) is 4.79 Å². The van der Waals surface area contributed by atoms with Crippen molar-refractivity contribution in [3.05, 3.63) is 28.3 Å². The number of methoxy groups -OCH3 is 1. The number of nitrogens with zero attached hydrogens (tertiary/aromatic N) is 3. The monoisotopic (exact) mass is 384 g/mol. The number of amides is 1. The smallest absolute Gasteiger partial charge is 0.311 e. The average molecular weight is 384 g/mol. The number of nitro benzene ring substituents is 1. The number of hydrogen-bond donors (Lipinski definition) is 1. The third-order valence-electron chi connectivity index (χ3n) is 2.71. The van der Waals surface area contributed by atoms with Crippen LogP contribution in [0.25, 0.3) is 0 Å². The van der Waals surface area contributed by atoms with Gasteiger partial charge < -0.3 is 9.47 Å². The first-order valence-corrected chi connectivity index (χ1v) is 8.84. The molecule has 0 bridgehead atoms. The molecule has 0 aliphatic heterocycles. The van der Waals surface area contributed by atoms with E-state index < -0.39 is 10.8 Å². The van der Waals surface area contributed by atoms with E-state index >= 15 is 0 Å². The molecule has 11 heteroatoms. The van der Waals surface area contributed by atoms with Gasteiger partial charge in [-0.2, -0.15) is 0 Å². The summed E-state index contributed by atoms with van der Waals surface area (Å²) >= 11 is 2.84. The van der Waals surface area contributed by atoms with Crippen molar-refractivity contribution in [1.82, 2.24) is 10.2 Å². The lowest BCUT2D eigenvalue weighted by Gasteiger charge is -2.07. The number of aromatic nitrogens is 2. The Kier molecular flexibility index (Phi) is 6.53. The van der Waals surface area contributed by atoms with Gasteiger partial charge in [-0.1, -0.05) is 36.9 Å². The molecule has 1 aromatic carbocycles. The minimum atomic E-state index is -0.558. The van der Waals surface area contributed by atoms with Gasteiger partial charge >= 0.3 is 5.69 Å². The highest BCUT2D eigenvalue weighted by Crippen LogP contribution is 2.31. The number of anilines is 1. The Bertz CT molecular complexity index is 765. The summed E-state index contributed by atoms with van der Waals surface area (Å²) < 4.78 is 11.0. The molecule has 0 atom stereocenters. The predicted octanol–water partition coefficient (Wildman–Crippen LogP) is 2.97. The van der Waals surface area contributed by atoms with E-state index in [1.54, 1.807) is 11.8 Å². The van der Waals surface area contributed by atoms with E-state index in [4.69, 9.17) is 9.47 Å². The largest absolute Gasteiger partial charge is 0.490 e. The van der Waals surface area contributed by atoms with E-state index in [-0.39, 0.29) is 23.8 Å². The summed E-state index contributed by atoms with van der Waals surface area (Å²) in [4.78, 5) is 22.2. The molecule has 0 spiro atoms. The molecule has 9 nitrogen and oxygen atoms in total. The Morgan fingerprint density at radius 1 is 1.44 bits per heavy atom. The quantitative estimate of drug-likeness (QED) is 0.319. The molecule has 0 unspecified atom stereocenters. The second-order valence-corrected chi connectivity index (χ2v) is 7.77. The van der Waals surface area contributed by atoms with Crippen molar-refractivity contribution in [1.29, 1.82) is 0 Å². The lowest BCUT2D eigenvalue weighted by molar-refractivity contribution is -0.385. The maximum absolute atomic E-state index is 11.9. The Balaban J connectivity index is 1.91. The molecule has 0 saturated carbocycles. The van der Waals surface area contributed by atoms with E-state index in [0.29, 0.717) is 10.4 Å². The lowest BCUT2D eigenvalue weighted by atomic mass is 10.3. The minimum absolute atomic E-state index is 0.0578. The van der Waals surface area contributed by atoms with Gasteiger partial charge in [0.2, 0.25) is 10.9 Å². The number of hydrogen-bond acceptors (Lipinski definition) is 9. The van der Waals surface area contributed by atoms with Crippen LogP contribution in [0, 0.1) is 10.1 Å². The number of benzene rings is 1. The molecule has 0 saturated heterocycles. The average Bonchev–Trinajstić information content (AvgIpc) is 2.98. The molecule has 0 aliphatic carbocycles. The van der Waals surface area contributed by atoms with Crippen LogP contribution in [0.5, 0.6) is 11.5 Å². The van der Waals surface area contributed by atoms with Crippen LogP contribution in [0.3, 0.4) is 0 Å². The van der Waals surface area contributed by atoms with Crippen LogP contribution in [-0.4, -0.2) is 40.0 Å². The predicted molar refractivity (Wildman–Crippen MR) is 94.7 cm³/mol. The van der Waals surface area contributed by atoms with Crippen molar-refractivity contribution in [3.63, 3.8) is 0 Å². The van der Waals surface area contributed by atoms with Gasteiger partial charge in [0, 0.05) is 17.4 Å². The van der Waals surface area contributed by atoms with Gasteiger partial charge in [0.05, 0.1) is 12.0 Å². The summed E-state index contributed by atoms with van der Waals surface area (Å²) in [6.45, 7) is 3.81. The van der Waals surface area contributed by atoms with Gasteiger partial charge in [-0.3, -0.25) is 20.2 Å². The Labute approximate surface area is 151 Å². The highest BCUT2D eigenvalue weighted by atomic mass is 32.2. The highest BCUT2D eigenvalue weighted by Gasteiger charge is 2.16. The maximum Gasteiger partial charge on any atom is 0.311 e. The Hall–Kier alpha value is -2.40. The van der Waals surface area contributed by atoms with Gasteiger partial charge in [-0.05, 0) is 6.07 Å². The zero-order valence-electron chi connectivity index (χ0n) is 13.7. The number of carbonyl (C=O) groups is 1. The third-order valence-corrected chi connectivity index (χ3v) is 4.63. The van der Waals surface area contributed by atoms with Crippen LogP contribution < -0.4 is 14.8 Å². The van der Waals surface area contributed by atoms with E-state index in [2.05, 4.69) is 15.5 Å². The SMILES string of the molecule is COc1cc(OCC(=O)Nc2nnc(SC(C)C)s2)ccc1[N+](=O)[O-]. The molecular weight excluding hydrogens is 368 g/mol. The van der Waals surface area contributed by atoms with Crippen LogP contribution in [0.15, 0.2) is 22.5 Å². The Morgan fingerprint density at radius 2 is 2.20 bits per heavy atom. The zero-order chi connectivity index (χ0) is 18.4. The summed E-state index contributed by atoms with van der Waals surface area (Å²) in [6.07, 6.45) is 0. The fourth-order valence-electron chi connectivity index (χ4n) is 1.71. The normalized spacial score (nSPS) is 10.6. The van der Waals surface area contributed by atoms with Crippen molar-refractivity contribution in [3.8, 4) is 11.5 Å². The number of thioether (sulfide) groups is 1. The third kappa shape index (κ3) is 5.57. The molecule has 134 valence electrons. The first kappa shape index (κ1) is 18.9. The summed E-state index contributed by atoms with van der Waals surface area (Å²) in [5.41, 5.74) is -0.177. The van der Waals surface area contributed by atoms with Crippen LogP contribution in [0.4, 0.5) is 10.8 Å². The summed E-state index contributed by atoms with van der Waals surface area (Å²) in [6, 6.07) is 4.01. The lowest BCUT2D eigenvalue weighted by Crippen LogP contribution is -2.20. The van der Waals surface area contributed by atoms with Crippen molar-refractivity contribution in [2.75, 3.05) is 19.0 Å². The number of nitrogens with one attached hydrogen (secondary N) is 1. The van der Waals surface area contributed by atoms with Gasteiger partial charge in [0.15, 0.2) is 10.9 Å². The number of carbonyl (C=O) groups excluding carboxylic acids is 1. The zero-order valence-corrected chi connectivity index (χ0v) is 15.3. The molecule has 1 heterocycles. The van der Waals surface area contributed by atoms with Gasteiger partial charge in [-0.15, -0.1) is 10.2 Å². The number of rotatable bonds is 8. The number of ether oxygens (including phenoxy) is 2. The topological polar surface area (TPSA) is 116 Å². The minimum Gasteiger partial charge on any atom is -0.490 e. The van der Waals surface area contributed by atoms with Crippen molar-refractivity contribution in [2.45, 2.75) is 23.4 Å². The second-order valence-electron chi connectivity index (χ2n) is 4.97. The van der Waals surface area contributed by atoms with E-state index in [0.717, 1.165) is 4.34 Å². The number of nitro groups is 1. The highest BCUT2D eigenvalue weighted by molar-refractivity contribution is 8.01. The molecular formula is C14H16N4O5S2. The van der Waals surface area contributed by atoms with Gasteiger partial charge in [0.1, 0.15) is 5.75 Å². The molecule has 0 aliphatic rings. The van der Waals surface area contributed by atoms with Crippen LogP contribution in [0.2, 0.25) is 0 Å². The molecule has 0 fully saturated rings. The first-order chi connectivity index (χ1) is 11.9. The summed E-state index contributed by atoms with van der Waals surface area (Å²) in [5, 5.41) is 22.0. The van der Waals surface area contributed by atoms with E-state index in [1.165, 1.54) is 36.6 Å². The van der Waals surface area contributed by atoms with Crippen LogP contribution in [0.1, 0.15) is 13.8 Å². The Morgan fingerprint density at radius 3 is 2.84 bits per heavy atom. The van der Waals surface area contributed by atoms with E-state index in [9.17, 15) is 14.9 Å². The molecule has 1 amide bonds. The summed E-state index contributed by atoms with van der Waals surface area (Å²) in [5.74, 6) is -0.0668. The molecule has 0 radical (unpaired) electrons.